The van der Waals surface area contributed by atoms with Crippen molar-refractivity contribution in [3.05, 3.63) is 76.6 Å². The molecule has 1 N–H and O–H groups in total. The third-order valence-corrected chi connectivity index (χ3v) is 3.91. The molecule has 4 heteroatoms. The third kappa shape index (κ3) is 2.86. The van der Waals surface area contributed by atoms with Crippen molar-refractivity contribution >= 4 is 29.5 Å². The van der Waals surface area contributed by atoms with Gasteiger partial charge in [0.1, 0.15) is 0 Å². The fraction of sp³-hybridized carbons (Fsp3) is 0.100. The number of carboxylic acids is 1. The standard InChI is InChI=1S/C20H18N2O2/c1-4-5-18-14(3)6-7-16(21-18)12-22-9-8-15-10-13(2)11-17(19(15)22)20(23)24/h4-11H,1,3,12H2,2H3,(H,23,24)/b18-5+. The van der Waals surface area contributed by atoms with Crippen LogP contribution in [0.1, 0.15) is 21.6 Å². The van der Waals surface area contributed by atoms with Crippen LogP contribution in [-0.4, -0.2) is 20.6 Å². The van der Waals surface area contributed by atoms with Crippen LogP contribution in [0.4, 0.5) is 0 Å². The van der Waals surface area contributed by atoms with Crippen molar-refractivity contribution in [3.63, 3.8) is 0 Å². The van der Waals surface area contributed by atoms with Gasteiger partial charge in [-0.25, -0.2) is 4.79 Å². The van der Waals surface area contributed by atoms with Crippen LogP contribution in [0, 0.1) is 6.92 Å². The minimum Gasteiger partial charge on any atom is -0.478 e. The summed E-state index contributed by atoms with van der Waals surface area (Å²) in [7, 11) is 0. The highest BCUT2D eigenvalue weighted by Gasteiger charge is 2.14. The van der Waals surface area contributed by atoms with Gasteiger partial charge >= 0.3 is 5.97 Å². The first-order valence-corrected chi connectivity index (χ1v) is 7.60. The van der Waals surface area contributed by atoms with Crippen molar-refractivity contribution < 1.29 is 9.90 Å². The summed E-state index contributed by atoms with van der Waals surface area (Å²) in [6.07, 6.45) is 5.38. The van der Waals surface area contributed by atoms with Crippen molar-refractivity contribution in [2.75, 3.05) is 0 Å². The van der Waals surface area contributed by atoms with E-state index in [0.29, 0.717) is 17.6 Å². The van der Waals surface area contributed by atoms with Crippen molar-refractivity contribution in [3.8, 4) is 0 Å². The van der Waals surface area contributed by atoms with Crippen molar-refractivity contribution in [1.29, 1.82) is 0 Å². The molecule has 0 fully saturated rings. The number of aryl methyl sites for hydroxylation is 1. The Hall–Kier alpha value is -3.14. The number of hydrogen-bond acceptors (Lipinski definition) is 2. The number of fused-ring (bicyclic) bond motifs is 1. The van der Waals surface area contributed by atoms with Gasteiger partial charge in [0.2, 0.25) is 0 Å². The monoisotopic (exact) mass is 318 g/mol. The first-order chi connectivity index (χ1) is 11.5. The number of aromatic nitrogens is 2. The Labute approximate surface area is 139 Å². The van der Waals surface area contributed by atoms with Gasteiger partial charge in [0.25, 0.3) is 0 Å². The van der Waals surface area contributed by atoms with Crippen molar-refractivity contribution in [1.82, 2.24) is 9.55 Å². The molecule has 1 aromatic carbocycles. The molecule has 3 rings (SSSR count). The van der Waals surface area contributed by atoms with E-state index in [4.69, 9.17) is 0 Å². The zero-order chi connectivity index (χ0) is 17.3. The second-order valence-electron chi connectivity index (χ2n) is 5.75. The zero-order valence-corrected chi connectivity index (χ0v) is 13.5. The molecule has 120 valence electrons. The van der Waals surface area contributed by atoms with Crippen LogP contribution < -0.4 is 10.6 Å². The summed E-state index contributed by atoms with van der Waals surface area (Å²) in [5.41, 5.74) is 2.79. The lowest BCUT2D eigenvalue weighted by molar-refractivity contribution is 0.0698. The number of carboxylic acid groups (broad SMARTS) is 1. The molecule has 2 aromatic heterocycles. The Morgan fingerprint density at radius 3 is 2.83 bits per heavy atom. The molecule has 0 radical (unpaired) electrons. The highest BCUT2D eigenvalue weighted by atomic mass is 16.4. The Balaban J connectivity index is 2.13. The Morgan fingerprint density at radius 1 is 1.33 bits per heavy atom. The van der Waals surface area contributed by atoms with Crippen LogP contribution in [0.5, 0.6) is 0 Å². The lowest BCUT2D eigenvalue weighted by atomic mass is 10.1. The second-order valence-corrected chi connectivity index (χ2v) is 5.75. The maximum atomic E-state index is 11.6. The van der Waals surface area contributed by atoms with Crippen LogP contribution in [0.15, 0.2) is 49.2 Å². The second kappa shape index (κ2) is 6.16. The van der Waals surface area contributed by atoms with Gasteiger partial charge in [-0.2, -0.15) is 0 Å². The number of aromatic carboxylic acids is 1. The van der Waals surface area contributed by atoms with Gasteiger partial charge in [-0.15, -0.1) is 0 Å². The molecule has 0 amide bonds. The molecule has 24 heavy (non-hydrogen) atoms. The first kappa shape index (κ1) is 15.7. The number of rotatable bonds is 4. The van der Waals surface area contributed by atoms with Gasteiger partial charge in [-0.1, -0.05) is 25.3 Å². The van der Waals surface area contributed by atoms with Crippen LogP contribution in [0.3, 0.4) is 0 Å². The smallest absolute Gasteiger partial charge is 0.337 e. The normalized spacial score (nSPS) is 11.8. The number of nitrogens with zero attached hydrogens (tertiary/aromatic N) is 2. The van der Waals surface area contributed by atoms with Crippen LogP contribution >= 0.6 is 0 Å². The van der Waals surface area contributed by atoms with E-state index in [-0.39, 0.29) is 0 Å². The lowest BCUT2D eigenvalue weighted by Crippen LogP contribution is -2.27. The summed E-state index contributed by atoms with van der Waals surface area (Å²) in [4.78, 5) is 16.2. The number of benzene rings is 1. The van der Waals surface area contributed by atoms with Gasteiger partial charge in [-0.3, -0.25) is 4.98 Å². The van der Waals surface area contributed by atoms with Crippen molar-refractivity contribution in [2.24, 2.45) is 0 Å². The van der Waals surface area contributed by atoms with Gasteiger partial charge in [-0.05, 0) is 48.0 Å². The third-order valence-electron chi connectivity index (χ3n) is 3.91. The minimum atomic E-state index is -0.926. The van der Waals surface area contributed by atoms with E-state index < -0.39 is 5.97 Å². The molecule has 0 atom stereocenters. The molecule has 3 aromatic rings. The molecule has 0 aliphatic rings. The van der Waals surface area contributed by atoms with E-state index in [1.54, 1.807) is 12.1 Å². The molecule has 4 nitrogen and oxygen atoms in total. The molecule has 0 aliphatic heterocycles. The summed E-state index contributed by atoms with van der Waals surface area (Å²) in [5.74, 6) is -0.926. The minimum absolute atomic E-state index is 0.307. The lowest BCUT2D eigenvalue weighted by Gasteiger charge is -2.08. The van der Waals surface area contributed by atoms with Gasteiger partial charge < -0.3 is 9.67 Å². The molecule has 0 bridgehead atoms. The summed E-state index contributed by atoms with van der Waals surface area (Å²) in [5, 5.41) is 12.0. The van der Waals surface area contributed by atoms with Crippen LogP contribution in [-0.2, 0) is 6.54 Å². The molecular formula is C20H18N2O2. The Bertz CT molecular complexity index is 1060. The fourth-order valence-corrected chi connectivity index (χ4v) is 2.86. The van der Waals surface area contributed by atoms with E-state index >= 15 is 0 Å². The fourth-order valence-electron chi connectivity index (χ4n) is 2.86. The van der Waals surface area contributed by atoms with E-state index in [2.05, 4.69) is 18.1 Å². The topological polar surface area (TPSA) is 55.1 Å². The molecule has 0 saturated carbocycles. The Kier molecular flexibility index (Phi) is 4.04. The van der Waals surface area contributed by atoms with E-state index in [0.717, 1.165) is 27.2 Å². The number of carbonyl (C=O) groups is 1. The molecule has 0 aliphatic carbocycles. The molecule has 0 spiro atoms. The van der Waals surface area contributed by atoms with Gasteiger partial charge in [0.05, 0.1) is 28.7 Å². The molecule has 2 heterocycles. The number of hydrogen-bond donors (Lipinski definition) is 1. The van der Waals surface area contributed by atoms with E-state index in [1.807, 2.05) is 48.0 Å². The van der Waals surface area contributed by atoms with Crippen LogP contribution in [0.2, 0.25) is 0 Å². The largest absolute Gasteiger partial charge is 0.478 e. The number of pyridine rings is 1. The average molecular weight is 318 g/mol. The summed E-state index contributed by atoms with van der Waals surface area (Å²) in [6, 6.07) is 9.43. The average Bonchev–Trinajstić information content (AvgIpc) is 2.92. The van der Waals surface area contributed by atoms with Gasteiger partial charge in [0.15, 0.2) is 0 Å². The predicted octanol–water partition coefficient (Wildman–Crippen LogP) is 2.47. The SMILES string of the molecule is C=C/C=c1/nc(Cn2ccc3cc(C)cc(C(=O)O)c32)ccc1=C. The maximum Gasteiger partial charge on any atom is 0.337 e. The van der Waals surface area contributed by atoms with Crippen molar-refractivity contribution in [2.45, 2.75) is 13.5 Å². The Morgan fingerprint density at radius 2 is 2.12 bits per heavy atom. The van der Waals surface area contributed by atoms with Crippen LogP contribution in [0.25, 0.3) is 23.6 Å². The molecular weight excluding hydrogens is 300 g/mol. The quantitative estimate of drug-likeness (QED) is 0.804. The maximum absolute atomic E-state index is 11.6. The molecule has 0 unspecified atom stereocenters. The zero-order valence-electron chi connectivity index (χ0n) is 13.5. The summed E-state index contributed by atoms with van der Waals surface area (Å²) < 4.78 is 1.92. The first-order valence-electron chi connectivity index (χ1n) is 7.60. The summed E-state index contributed by atoms with van der Waals surface area (Å²) in [6.45, 7) is 10.0. The van der Waals surface area contributed by atoms with Gasteiger partial charge in [0, 0.05) is 11.6 Å². The number of allylic oxidation sites excluding steroid dienone is 1. The predicted molar refractivity (Wildman–Crippen MR) is 96.4 cm³/mol. The highest BCUT2D eigenvalue weighted by Crippen LogP contribution is 2.23. The van der Waals surface area contributed by atoms with E-state index in [9.17, 15) is 9.90 Å². The van der Waals surface area contributed by atoms with E-state index in [1.165, 1.54) is 0 Å². The summed E-state index contributed by atoms with van der Waals surface area (Å²) >= 11 is 0. The highest BCUT2D eigenvalue weighted by molar-refractivity contribution is 6.02. The molecule has 0 saturated heterocycles.